The number of hydrogen-bond donors (Lipinski definition) is 0. The van der Waals surface area contributed by atoms with E-state index in [9.17, 15) is 9.18 Å². The zero-order valence-corrected chi connectivity index (χ0v) is 14.3. The lowest BCUT2D eigenvalue weighted by Crippen LogP contribution is -2.33. The van der Waals surface area contributed by atoms with Gasteiger partial charge in [-0.15, -0.1) is 0 Å². The first-order chi connectivity index (χ1) is 12.7. The highest BCUT2D eigenvalue weighted by molar-refractivity contribution is 5.79. The molecular formula is C21H19FN2O2. The van der Waals surface area contributed by atoms with Crippen LogP contribution in [0, 0.1) is 5.82 Å². The van der Waals surface area contributed by atoms with E-state index in [0.29, 0.717) is 18.1 Å². The molecule has 0 bridgehead atoms. The zero-order chi connectivity index (χ0) is 17.9. The first-order valence-corrected chi connectivity index (χ1v) is 8.73. The van der Waals surface area contributed by atoms with Crippen LogP contribution < -0.4 is 0 Å². The molecule has 0 unspecified atom stereocenters. The number of halogens is 1. The quantitative estimate of drug-likeness (QED) is 0.669. The second kappa shape index (κ2) is 7.12. The summed E-state index contributed by atoms with van der Waals surface area (Å²) in [6.07, 6.45) is 3.78. The minimum Gasteiger partial charge on any atom is -0.444 e. The van der Waals surface area contributed by atoms with Crippen LogP contribution in [0.5, 0.6) is 0 Å². The van der Waals surface area contributed by atoms with Crippen molar-refractivity contribution in [3.63, 3.8) is 0 Å². The molecule has 4 nitrogen and oxygen atoms in total. The molecule has 0 aliphatic heterocycles. The maximum Gasteiger partial charge on any atom is 0.229 e. The van der Waals surface area contributed by atoms with Crippen molar-refractivity contribution in [2.24, 2.45) is 0 Å². The Bertz CT molecular complexity index is 886. The Balaban J connectivity index is 1.45. The number of carbonyl (C=O) groups excluding carboxylic acids is 1. The van der Waals surface area contributed by atoms with E-state index in [1.807, 2.05) is 35.2 Å². The van der Waals surface area contributed by atoms with Crippen LogP contribution in [0.25, 0.3) is 11.5 Å². The van der Waals surface area contributed by atoms with Gasteiger partial charge in [-0.05, 0) is 42.7 Å². The zero-order valence-electron chi connectivity index (χ0n) is 14.3. The molecule has 1 fully saturated rings. The van der Waals surface area contributed by atoms with E-state index in [0.717, 1.165) is 24.0 Å². The van der Waals surface area contributed by atoms with E-state index < -0.39 is 0 Å². The second-order valence-electron chi connectivity index (χ2n) is 6.57. The number of rotatable bonds is 6. The van der Waals surface area contributed by atoms with Gasteiger partial charge in [0.15, 0.2) is 0 Å². The molecule has 0 radical (unpaired) electrons. The predicted octanol–water partition coefficient (Wildman–Crippen LogP) is 4.21. The Morgan fingerprint density at radius 2 is 1.85 bits per heavy atom. The summed E-state index contributed by atoms with van der Waals surface area (Å²) >= 11 is 0. The molecule has 1 aliphatic rings. The number of aromatic nitrogens is 1. The summed E-state index contributed by atoms with van der Waals surface area (Å²) in [4.78, 5) is 19.1. The van der Waals surface area contributed by atoms with Crippen molar-refractivity contribution in [3.05, 3.63) is 77.9 Å². The van der Waals surface area contributed by atoms with Crippen molar-refractivity contribution in [1.29, 1.82) is 0 Å². The van der Waals surface area contributed by atoms with Gasteiger partial charge in [0.05, 0.1) is 12.1 Å². The third-order valence-electron chi connectivity index (χ3n) is 4.48. The van der Waals surface area contributed by atoms with Crippen LogP contribution in [-0.2, 0) is 17.8 Å². The van der Waals surface area contributed by atoms with Crippen LogP contribution in [0.1, 0.15) is 24.1 Å². The van der Waals surface area contributed by atoms with Crippen molar-refractivity contribution in [1.82, 2.24) is 9.88 Å². The smallest absolute Gasteiger partial charge is 0.229 e. The van der Waals surface area contributed by atoms with Crippen molar-refractivity contribution in [2.45, 2.75) is 31.8 Å². The van der Waals surface area contributed by atoms with Crippen molar-refractivity contribution in [3.8, 4) is 11.5 Å². The topological polar surface area (TPSA) is 46.3 Å². The Morgan fingerprint density at radius 1 is 1.12 bits per heavy atom. The molecule has 0 N–H and O–H groups in total. The molecular weight excluding hydrogens is 331 g/mol. The molecule has 0 saturated heterocycles. The molecule has 1 aromatic heterocycles. The Hall–Kier alpha value is -2.95. The number of nitrogens with zero attached hydrogens (tertiary/aromatic N) is 2. The SMILES string of the molecule is O=C(Cc1coc(-c2ccccc2)n1)N(Cc1ccc(F)cc1)C1CC1. The minimum absolute atomic E-state index is 0.0183. The Labute approximate surface area is 151 Å². The molecule has 2 aromatic carbocycles. The molecule has 1 aliphatic carbocycles. The van der Waals surface area contributed by atoms with E-state index in [-0.39, 0.29) is 24.2 Å². The van der Waals surface area contributed by atoms with E-state index in [1.54, 1.807) is 18.4 Å². The molecule has 1 amide bonds. The van der Waals surface area contributed by atoms with Gasteiger partial charge in [-0.3, -0.25) is 4.79 Å². The first-order valence-electron chi connectivity index (χ1n) is 8.73. The summed E-state index contributed by atoms with van der Waals surface area (Å²) in [6, 6.07) is 16.2. The number of amides is 1. The second-order valence-corrected chi connectivity index (χ2v) is 6.57. The summed E-state index contributed by atoms with van der Waals surface area (Å²) < 4.78 is 18.6. The van der Waals surface area contributed by atoms with Crippen LogP contribution in [0.15, 0.2) is 65.3 Å². The van der Waals surface area contributed by atoms with Crippen LogP contribution in [0.2, 0.25) is 0 Å². The summed E-state index contributed by atoms with van der Waals surface area (Å²) in [5, 5.41) is 0. The summed E-state index contributed by atoms with van der Waals surface area (Å²) in [6.45, 7) is 0.493. The third kappa shape index (κ3) is 3.82. The number of benzene rings is 2. The fraction of sp³-hybridized carbons (Fsp3) is 0.238. The van der Waals surface area contributed by atoms with Gasteiger partial charge >= 0.3 is 0 Å². The van der Waals surface area contributed by atoms with Gasteiger partial charge in [0.2, 0.25) is 11.8 Å². The van der Waals surface area contributed by atoms with E-state index in [1.165, 1.54) is 12.1 Å². The van der Waals surface area contributed by atoms with Gasteiger partial charge in [-0.1, -0.05) is 30.3 Å². The number of oxazole rings is 1. The lowest BCUT2D eigenvalue weighted by molar-refractivity contribution is -0.131. The maximum atomic E-state index is 13.1. The molecule has 5 heteroatoms. The van der Waals surface area contributed by atoms with E-state index >= 15 is 0 Å². The molecule has 26 heavy (non-hydrogen) atoms. The number of carbonyl (C=O) groups is 1. The van der Waals surface area contributed by atoms with Crippen LogP contribution in [-0.4, -0.2) is 21.8 Å². The molecule has 1 heterocycles. The maximum absolute atomic E-state index is 13.1. The van der Waals surface area contributed by atoms with Crippen LogP contribution >= 0.6 is 0 Å². The van der Waals surface area contributed by atoms with Gasteiger partial charge in [0.25, 0.3) is 0 Å². The van der Waals surface area contributed by atoms with E-state index in [4.69, 9.17) is 4.42 Å². The van der Waals surface area contributed by atoms with Gasteiger partial charge in [-0.25, -0.2) is 9.37 Å². The van der Waals surface area contributed by atoms with Gasteiger partial charge in [-0.2, -0.15) is 0 Å². The third-order valence-corrected chi connectivity index (χ3v) is 4.48. The normalized spacial score (nSPS) is 13.6. The van der Waals surface area contributed by atoms with Gasteiger partial charge < -0.3 is 9.32 Å². The highest BCUT2D eigenvalue weighted by atomic mass is 19.1. The Kier molecular flexibility index (Phi) is 4.52. The summed E-state index contributed by atoms with van der Waals surface area (Å²) in [5.74, 6) is 0.267. The van der Waals surface area contributed by atoms with Crippen molar-refractivity contribution < 1.29 is 13.6 Å². The fourth-order valence-electron chi connectivity index (χ4n) is 2.95. The standard InChI is InChI=1S/C21H19FN2O2/c22-17-8-6-15(7-9-17)13-24(19-10-11-19)20(25)12-18-14-26-21(23-18)16-4-2-1-3-5-16/h1-9,14,19H,10-13H2. The van der Waals surface area contributed by atoms with Crippen molar-refractivity contribution in [2.75, 3.05) is 0 Å². The lowest BCUT2D eigenvalue weighted by atomic mass is 10.2. The summed E-state index contributed by atoms with van der Waals surface area (Å²) in [5.41, 5.74) is 2.44. The minimum atomic E-state index is -0.269. The van der Waals surface area contributed by atoms with Crippen LogP contribution in [0.3, 0.4) is 0 Å². The average Bonchev–Trinajstić information content (AvgIpc) is 3.40. The predicted molar refractivity (Wildman–Crippen MR) is 95.6 cm³/mol. The highest BCUT2D eigenvalue weighted by Crippen LogP contribution is 2.29. The first kappa shape index (κ1) is 16.5. The number of hydrogen-bond acceptors (Lipinski definition) is 3. The lowest BCUT2D eigenvalue weighted by Gasteiger charge is -2.22. The monoisotopic (exact) mass is 350 g/mol. The molecule has 3 aromatic rings. The highest BCUT2D eigenvalue weighted by Gasteiger charge is 2.32. The van der Waals surface area contributed by atoms with Gasteiger partial charge in [0, 0.05) is 18.2 Å². The van der Waals surface area contributed by atoms with E-state index in [2.05, 4.69) is 4.98 Å². The van der Waals surface area contributed by atoms with Crippen molar-refractivity contribution >= 4 is 5.91 Å². The Morgan fingerprint density at radius 3 is 2.54 bits per heavy atom. The molecule has 0 spiro atoms. The average molecular weight is 350 g/mol. The molecule has 1 saturated carbocycles. The van der Waals surface area contributed by atoms with Crippen LogP contribution in [0.4, 0.5) is 4.39 Å². The molecule has 132 valence electrons. The fourth-order valence-corrected chi connectivity index (χ4v) is 2.95. The summed E-state index contributed by atoms with van der Waals surface area (Å²) in [7, 11) is 0. The van der Waals surface area contributed by atoms with Gasteiger partial charge in [0.1, 0.15) is 12.1 Å². The molecule has 0 atom stereocenters. The molecule has 4 rings (SSSR count). The largest absolute Gasteiger partial charge is 0.444 e.